The second-order valence-corrected chi connectivity index (χ2v) is 7.74. The van der Waals surface area contributed by atoms with Crippen molar-refractivity contribution in [3.8, 4) is 5.75 Å². The van der Waals surface area contributed by atoms with E-state index >= 15 is 0 Å². The van der Waals surface area contributed by atoms with Gasteiger partial charge >= 0.3 is 0 Å². The van der Waals surface area contributed by atoms with Crippen LogP contribution in [0.1, 0.15) is 60.2 Å². The Morgan fingerprint density at radius 1 is 1.07 bits per heavy atom. The van der Waals surface area contributed by atoms with Crippen LogP contribution in [-0.2, 0) is 0 Å². The third kappa shape index (κ3) is 5.83. The van der Waals surface area contributed by atoms with E-state index in [0.717, 1.165) is 44.5 Å². The van der Waals surface area contributed by atoms with E-state index in [4.69, 9.17) is 4.74 Å². The number of benzene rings is 2. The van der Waals surface area contributed by atoms with E-state index in [1.165, 1.54) is 0 Å². The minimum Gasteiger partial charge on any atom is -0.494 e. The van der Waals surface area contributed by atoms with Crippen LogP contribution in [-0.4, -0.2) is 36.4 Å². The van der Waals surface area contributed by atoms with Crippen molar-refractivity contribution in [2.24, 2.45) is 5.92 Å². The Bertz CT molecular complexity index is 824. The van der Waals surface area contributed by atoms with Gasteiger partial charge in [-0.15, -0.1) is 0 Å². The molecule has 5 heteroatoms. The Labute approximate surface area is 173 Å². The summed E-state index contributed by atoms with van der Waals surface area (Å²) in [4.78, 5) is 27.2. The second-order valence-electron chi connectivity index (χ2n) is 7.74. The Kier molecular flexibility index (Phi) is 7.28. The number of hydrogen-bond acceptors (Lipinski definition) is 3. The number of ether oxygens (including phenoxy) is 1. The highest BCUT2D eigenvalue weighted by Gasteiger charge is 2.21. The monoisotopic (exact) mass is 394 g/mol. The maximum absolute atomic E-state index is 12.8. The molecule has 2 aromatic rings. The zero-order chi connectivity index (χ0) is 20.6. The summed E-state index contributed by atoms with van der Waals surface area (Å²) in [6.07, 6.45) is 4.17. The fourth-order valence-corrected chi connectivity index (χ4v) is 3.36. The maximum Gasteiger partial charge on any atom is 0.255 e. The van der Waals surface area contributed by atoms with Crippen LogP contribution in [0.3, 0.4) is 0 Å². The van der Waals surface area contributed by atoms with Crippen molar-refractivity contribution in [1.82, 2.24) is 4.90 Å². The van der Waals surface area contributed by atoms with Crippen LogP contribution in [0.15, 0.2) is 48.5 Å². The van der Waals surface area contributed by atoms with Crippen LogP contribution in [0.2, 0.25) is 0 Å². The lowest BCUT2D eigenvalue weighted by Crippen LogP contribution is -2.37. The molecule has 0 atom stereocenters. The topological polar surface area (TPSA) is 58.6 Å². The van der Waals surface area contributed by atoms with Gasteiger partial charge in [-0.2, -0.15) is 0 Å². The lowest BCUT2D eigenvalue weighted by Gasteiger charge is -2.30. The average molecular weight is 395 g/mol. The summed E-state index contributed by atoms with van der Waals surface area (Å²) in [5, 5.41) is 2.88. The van der Waals surface area contributed by atoms with Crippen LogP contribution < -0.4 is 10.1 Å². The molecule has 0 spiro atoms. The molecule has 1 saturated heterocycles. The first kappa shape index (κ1) is 20.9. The van der Waals surface area contributed by atoms with Gasteiger partial charge in [-0.1, -0.05) is 26.3 Å². The zero-order valence-corrected chi connectivity index (χ0v) is 17.3. The average Bonchev–Trinajstić information content (AvgIpc) is 2.74. The van der Waals surface area contributed by atoms with Crippen LogP contribution in [0.4, 0.5) is 5.69 Å². The number of unbranched alkanes of at least 4 members (excludes halogenated alkanes) is 1. The molecule has 1 heterocycles. The van der Waals surface area contributed by atoms with Gasteiger partial charge in [0.25, 0.3) is 11.8 Å². The number of carbonyl (C=O) groups is 2. The summed E-state index contributed by atoms with van der Waals surface area (Å²) < 4.78 is 5.63. The van der Waals surface area contributed by atoms with Crippen molar-refractivity contribution < 1.29 is 14.3 Å². The van der Waals surface area contributed by atoms with Gasteiger partial charge in [0.1, 0.15) is 5.75 Å². The molecule has 1 N–H and O–H groups in total. The summed E-state index contributed by atoms with van der Waals surface area (Å²) in [6, 6.07) is 14.3. The molecule has 1 aliphatic heterocycles. The van der Waals surface area contributed by atoms with Gasteiger partial charge in [-0.05, 0) is 67.6 Å². The van der Waals surface area contributed by atoms with Crippen molar-refractivity contribution in [2.45, 2.75) is 39.5 Å². The molecule has 0 aliphatic carbocycles. The number of nitrogens with one attached hydrogen (secondary N) is 1. The standard InChI is InChI=1S/C24H30N2O3/c1-3-4-16-29-22-10-8-19(9-11-22)23(27)25-21-7-5-6-20(17-21)24(28)26-14-12-18(2)13-15-26/h5-11,17-18H,3-4,12-16H2,1-2H3,(H,25,27). The summed E-state index contributed by atoms with van der Waals surface area (Å²) in [7, 11) is 0. The first-order chi connectivity index (χ1) is 14.1. The highest BCUT2D eigenvalue weighted by atomic mass is 16.5. The van der Waals surface area contributed by atoms with Gasteiger partial charge < -0.3 is 15.0 Å². The smallest absolute Gasteiger partial charge is 0.255 e. The van der Waals surface area contributed by atoms with E-state index in [9.17, 15) is 9.59 Å². The lowest BCUT2D eigenvalue weighted by molar-refractivity contribution is 0.0697. The molecule has 0 radical (unpaired) electrons. The van der Waals surface area contributed by atoms with Crippen molar-refractivity contribution in [3.05, 3.63) is 59.7 Å². The van der Waals surface area contributed by atoms with Gasteiger partial charge in [0, 0.05) is 29.9 Å². The third-order valence-corrected chi connectivity index (χ3v) is 5.32. The predicted molar refractivity (Wildman–Crippen MR) is 116 cm³/mol. The van der Waals surface area contributed by atoms with Gasteiger partial charge in [0.2, 0.25) is 0 Å². The number of hydrogen-bond donors (Lipinski definition) is 1. The molecule has 2 amide bonds. The molecule has 0 aromatic heterocycles. The largest absolute Gasteiger partial charge is 0.494 e. The molecular formula is C24H30N2O3. The van der Waals surface area contributed by atoms with Gasteiger partial charge in [-0.25, -0.2) is 0 Å². The summed E-state index contributed by atoms with van der Waals surface area (Å²) >= 11 is 0. The van der Waals surface area contributed by atoms with Crippen LogP contribution >= 0.6 is 0 Å². The predicted octanol–water partition coefficient (Wildman–Crippen LogP) is 4.99. The van der Waals surface area contributed by atoms with Gasteiger partial charge in [0.05, 0.1) is 6.61 Å². The number of anilines is 1. The summed E-state index contributed by atoms with van der Waals surface area (Å²) in [6.45, 7) is 6.61. The first-order valence-corrected chi connectivity index (χ1v) is 10.5. The molecule has 154 valence electrons. The minimum atomic E-state index is -0.207. The van der Waals surface area contributed by atoms with E-state index in [2.05, 4.69) is 19.2 Å². The normalized spacial score (nSPS) is 14.5. The molecule has 1 fully saturated rings. The van der Waals surface area contributed by atoms with Crippen molar-refractivity contribution in [2.75, 3.05) is 25.0 Å². The molecule has 0 bridgehead atoms. The van der Waals surface area contributed by atoms with Crippen LogP contribution in [0.5, 0.6) is 5.75 Å². The van der Waals surface area contributed by atoms with Crippen LogP contribution in [0, 0.1) is 5.92 Å². The number of rotatable bonds is 7. The highest BCUT2D eigenvalue weighted by molar-refractivity contribution is 6.05. The molecule has 0 saturated carbocycles. The van der Waals surface area contributed by atoms with E-state index in [1.807, 2.05) is 17.0 Å². The molecular weight excluding hydrogens is 364 g/mol. The molecule has 3 rings (SSSR count). The highest BCUT2D eigenvalue weighted by Crippen LogP contribution is 2.20. The van der Waals surface area contributed by atoms with Crippen LogP contribution in [0.25, 0.3) is 0 Å². The zero-order valence-electron chi connectivity index (χ0n) is 17.3. The Hall–Kier alpha value is -2.82. The van der Waals surface area contributed by atoms with Crippen molar-refractivity contribution in [1.29, 1.82) is 0 Å². The third-order valence-electron chi connectivity index (χ3n) is 5.32. The molecule has 5 nitrogen and oxygen atoms in total. The van der Waals surface area contributed by atoms with Crippen molar-refractivity contribution in [3.63, 3.8) is 0 Å². The van der Waals surface area contributed by atoms with Crippen molar-refractivity contribution >= 4 is 17.5 Å². The number of piperidine rings is 1. The first-order valence-electron chi connectivity index (χ1n) is 10.5. The Balaban J connectivity index is 1.60. The fraction of sp³-hybridized carbons (Fsp3) is 0.417. The Morgan fingerprint density at radius 3 is 2.48 bits per heavy atom. The van der Waals surface area contributed by atoms with E-state index < -0.39 is 0 Å². The molecule has 2 aromatic carbocycles. The lowest BCUT2D eigenvalue weighted by atomic mass is 9.98. The van der Waals surface area contributed by atoms with E-state index in [0.29, 0.717) is 29.3 Å². The number of amides is 2. The SMILES string of the molecule is CCCCOc1ccc(C(=O)Nc2cccc(C(=O)N3CCC(C)CC3)c2)cc1. The van der Waals surface area contributed by atoms with E-state index in [1.54, 1.807) is 36.4 Å². The molecule has 29 heavy (non-hydrogen) atoms. The van der Waals surface area contributed by atoms with E-state index in [-0.39, 0.29) is 11.8 Å². The van der Waals surface area contributed by atoms with Gasteiger partial charge in [0.15, 0.2) is 0 Å². The summed E-state index contributed by atoms with van der Waals surface area (Å²) in [5.41, 5.74) is 1.78. The molecule has 0 unspecified atom stereocenters. The maximum atomic E-state index is 12.8. The quantitative estimate of drug-likeness (QED) is 0.673. The number of carbonyl (C=O) groups excluding carboxylic acids is 2. The summed E-state index contributed by atoms with van der Waals surface area (Å²) in [5.74, 6) is 1.26. The minimum absolute atomic E-state index is 0.0292. The second kappa shape index (κ2) is 10.1. The van der Waals surface area contributed by atoms with Gasteiger partial charge in [-0.3, -0.25) is 9.59 Å². The number of likely N-dealkylation sites (tertiary alicyclic amines) is 1. The number of nitrogens with zero attached hydrogens (tertiary/aromatic N) is 1. The Morgan fingerprint density at radius 2 is 1.79 bits per heavy atom. The molecule has 1 aliphatic rings. The fourth-order valence-electron chi connectivity index (χ4n) is 3.36.